The van der Waals surface area contributed by atoms with Crippen LogP contribution in [0.5, 0.6) is 0 Å². The lowest BCUT2D eigenvalue weighted by molar-refractivity contribution is -0.888. The third kappa shape index (κ3) is 14.4. The first-order valence-corrected chi connectivity index (χ1v) is 10.8. The molecule has 0 amide bonds. The Morgan fingerprint density at radius 3 is 1.90 bits per heavy atom. The predicted molar refractivity (Wildman–Crippen MR) is 116 cm³/mol. The van der Waals surface area contributed by atoms with Gasteiger partial charge in [-0.2, -0.15) is 0 Å². The van der Waals surface area contributed by atoms with Crippen LogP contribution in [-0.2, 0) is 23.7 Å². The molecule has 0 spiro atoms. The minimum Gasteiger partial charge on any atom is -0.396 e. The summed E-state index contributed by atoms with van der Waals surface area (Å²) in [6.07, 6.45) is 2.23. The molecule has 0 aromatic carbocycles. The van der Waals surface area contributed by atoms with Crippen molar-refractivity contribution >= 4 is 0 Å². The molecule has 0 saturated heterocycles. The first kappa shape index (κ1) is 28.7. The Morgan fingerprint density at radius 2 is 1.31 bits per heavy atom. The fourth-order valence-corrected chi connectivity index (χ4v) is 2.83. The van der Waals surface area contributed by atoms with Gasteiger partial charge in [0.05, 0.1) is 80.0 Å². The number of nitrogens with zero attached hydrogens (tertiary/aromatic N) is 1. The molecule has 0 saturated carbocycles. The van der Waals surface area contributed by atoms with E-state index in [0.29, 0.717) is 46.2 Å². The maximum Gasteiger partial charge on any atom is 0.0783 e. The smallest absolute Gasteiger partial charge is 0.0783 e. The van der Waals surface area contributed by atoms with Crippen molar-refractivity contribution in [1.82, 2.24) is 0 Å². The highest BCUT2D eigenvalue weighted by Crippen LogP contribution is 2.22. The van der Waals surface area contributed by atoms with Crippen LogP contribution in [0.3, 0.4) is 0 Å². The number of unbranched alkanes of at least 4 members (excludes halogenated alkanes) is 1. The van der Waals surface area contributed by atoms with Gasteiger partial charge >= 0.3 is 0 Å². The number of aliphatic hydroxyl groups excluding tert-OH is 1. The van der Waals surface area contributed by atoms with Gasteiger partial charge in [-0.15, -0.1) is 0 Å². The maximum atomic E-state index is 9.73. The molecule has 0 bridgehead atoms. The number of aliphatic hydroxyl groups is 1. The summed E-state index contributed by atoms with van der Waals surface area (Å²) < 4.78 is 28.9. The molecule has 0 aromatic rings. The third-order valence-electron chi connectivity index (χ3n) is 5.27. The summed E-state index contributed by atoms with van der Waals surface area (Å²) in [6.45, 7) is 12.9. The Labute approximate surface area is 179 Å². The fourth-order valence-electron chi connectivity index (χ4n) is 2.83. The first-order chi connectivity index (χ1) is 13.7. The van der Waals surface area contributed by atoms with Gasteiger partial charge in [0.1, 0.15) is 0 Å². The molecular formula is C22H48NO6+. The molecule has 0 aliphatic carbocycles. The van der Waals surface area contributed by atoms with E-state index in [-0.39, 0.29) is 12.0 Å². The summed E-state index contributed by atoms with van der Waals surface area (Å²) in [7, 11) is 7.86. The average molecular weight is 423 g/mol. The highest BCUT2D eigenvalue weighted by molar-refractivity contribution is 4.76. The van der Waals surface area contributed by atoms with Gasteiger partial charge in [0.25, 0.3) is 0 Å². The Balaban J connectivity index is 4.25. The van der Waals surface area contributed by atoms with Crippen molar-refractivity contribution in [2.45, 2.75) is 33.6 Å². The van der Waals surface area contributed by atoms with E-state index >= 15 is 0 Å². The van der Waals surface area contributed by atoms with Gasteiger partial charge in [-0.1, -0.05) is 13.8 Å². The van der Waals surface area contributed by atoms with E-state index in [9.17, 15) is 5.11 Å². The summed E-state index contributed by atoms with van der Waals surface area (Å²) >= 11 is 0. The molecule has 7 heteroatoms. The fraction of sp³-hybridized carbons (Fsp3) is 1.00. The third-order valence-corrected chi connectivity index (χ3v) is 5.27. The lowest BCUT2D eigenvalue weighted by Crippen LogP contribution is -2.40. The van der Waals surface area contributed by atoms with Crippen LogP contribution in [0.15, 0.2) is 0 Å². The zero-order valence-corrected chi connectivity index (χ0v) is 20.1. The highest BCUT2D eigenvalue weighted by atomic mass is 16.5. The Hall–Kier alpha value is -0.280. The second-order valence-electron chi connectivity index (χ2n) is 9.49. The largest absolute Gasteiger partial charge is 0.396 e. The van der Waals surface area contributed by atoms with Gasteiger partial charge < -0.3 is 33.3 Å². The molecule has 0 rings (SSSR count). The molecule has 29 heavy (non-hydrogen) atoms. The quantitative estimate of drug-likeness (QED) is 0.240. The van der Waals surface area contributed by atoms with Crippen LogP contribution >= 0.6 is 0 Å². The van der Waals surface area contributed by atoms with Crippen molar-refractivity contribution in [3.8, 4) is 0 Å². The zero-order valence-electron chi connectivity index (χ0n) is 20.1. The summed E-state index contributed by atoms with van der Waals surface area (Å²) in [4.78, 5) is 0. The van der Waals surface area contributed by atoms with Crippen molar-refractivity contribution in [1.29, 1.82) is 0 Å². The van der Waals surface area contributed by atoms with Crippen LogP contribution in [-0.4, -0.2) is 110 Å². The van der Waals surface area contributed by atoms with Crippen LogP contribution in [0.4, 0.5) is 0 Å². The molecule has 0 aliphatic heterocycles. The molecule has 0 radical (unpaired) electrons. The van der Waals surface area contributed by atoms with Crippen LogP contribution in [0.25, 0.3) is 0 Å². The van der Waals surface area contributed by atoms with Crippen molar-refractivity contribution in [2.24, 2.45) is 10.8 Å². The van der Waals surface area contributed by atoms with E-state index in [1.165, 1.54) is 6.54 Å². The van der Waals surface area contributed by atoms with E-state index in [2.05, 4.69) is 27.9 Å². The van der Waals surface area contributed by atoms with Crippen LogP contribution in [0.2, 0.25) is 0 Å². The normalized spacial score (nSPS) is 16.6. The molecular weight excluding hydrogens is 374 g/mol. The zero-order chi connectivity index (χ0) is 22.2. The van der Waals surface area contributed by atoms with E-state index in [1.807, 2.05) is 6.92 Å². The summed E-state index contributed by atoms with van der Waals surface area (Å²) in [5, 5.41) is 9.73. The molecule has 2 unspecified atom stereocenters. The lowest BCUT2D eigenvalue weighted by atomic mass is 9.92. The first-order valence-electron chi connectivity index (χ1n) is 10.8. The van der Waals surface area contributed by atoms with Crippen molar-refractivity contribution in [3.05, 3.63) is 0 Å². The number of hydrogen-bond acceptors (Lipinski definition) is 6. The van der Waals surface area contributed by atoms with Gasteiger partial charge in [-0.3, -0.25) is 0 Å². The number of rotatable bonds is 20. The predicted octanol–water partition coefficient (Wildman–Crippen LogP) is 2.21. The monoisotopic (exact) mass is 422 g/mol. The highest BCUT2D eigenvalue weighted by Gasteiger charge is 2.29. The molecule has 2 atom stereocenters. The minimum atomic E-state index is -0.438. The molecule has 176 valence electrons. The number of methoxy groups -OCH3 is 2. The molecule has 0 aromatic heterocycles. The van der Waals surface area contributed by atoms with E-state index < -0.39 is 5.41 Å². The second-order valence-corrected chi connectivity index (χ2v) is 9.49. The van der Waals surface area contributed by atoms with Crippen molar-refractivity contribution < 1.29 is 33.3 Å². The van der Waals surface area contributed by atoms with Gasteiger partial charge in [0.2, 0.25) is 0 Å². The molecule has 7 nitrogen and oxygen atoms in total. The second kappa shape index (κ2) is 15.5. The van der Waals surface area contributed by atoms with E-state index in [0.717, 1.165) is 30.5 Å². The topological polar surface area (TPSA) is 66.4 Å². The minimum absolute atomic E-state index is 0.00406. The van der Waals surface area contributed by atoms with Gasteiger partial charge in [-0.25, -0.2) is 0 Å². The maximum absolute atomic E-state index is 9.73. The summed E-state index contributed by atoms with van der Waals surface area (Å²) in [5.74, 6) is 0. The van der Waals surface area contributed by atoms with E-state index in [4.69, 9.17) is 23.7 Å². The van der Waals surface area contributed by atoms with Gasteiger partial charge in [0.15, 0.2) is 0 Å². The summed E-state index contributed by atoms with van der Waals surface area (Å²) in [5.41, 5.74) is -0.659. The molecule has 1 N–H and O–H groups in total. The number of ether oxygens (including phenoxy) is 5. The van der Waals surface area contributed by atoms with Crippen molar-refractivity contribution in [2.75, 3.05) is 101 Å². The summed E-state index contributed by atoms with van der Waals surface area (Å²) in [6, 6.07) is 0. The van der Waals surface area contributed by atoms with Gasteiger partial charge in [-0.05, 0) is 19.8 Å². The lowest BCUT2D eigenvalue weighted by Gasteiger charge is -2.32. The molecule has 0 aliphatic rings. The number of quaternary nitrogens is 1. The number of hydrogen-bond donors (Lipinski definition) is 1. The van der Waals surface area contributed by atoms with Gasteiger partial charge in [0, 0.05) is 31.7 Å². The van der Waals surface area contributed by atoms with Crippen LogP contribution < -0.4 is 0 Å². The van der Waals surface area contributed by atoms with Crippen LogP contribution in [0.1, 0.15) is 33.6 Å². The Bertz CT molecular complexity index is 395. The van der Waals surface area contributed by atoms with Crippen molar-refractivity contribution in [3.63, 3.8) is 0 Å². The molecule has 0 heterocycles. The average Bonchev–Trinajstić information content (AvgIpc) is 2.68. The molecule has 0 fully saturated rings. The standard InChI is InChI=1S/C22H48NO6/c1-8-23(4,5)11-9-10-12-27-19-22(3,16-26-7)20-29-18-21(2,15-24)17-28-14-13-25-6/h24H,8-20H2,1-7H3/q+1. The van der Waals surface area contributed by atoms with E-state index in [1.54, 1.807) is 14.2 Å². The SMILES string of the molecule is CC[N+](C)(C)CCCCOCC(C)(COC)COCC(C)(CO)COCCOC. The Morgan fingerprint density at radius 1 is 0.724 bits per heavy atom. The Kier molecular flexibility index (Phi) is 15.4. The van der Waals surface area contributed by atoms with Crippen LogP contribution in [0, 0.1) is 10.8 Å².